The van der Waals surface area contributed by atoms with Crippen molar-refractivity contribution in [2.45, 2.75) is 36.7 Å². The third-order valence-electron chi connectivity index (χ3n) is 5.74. The lowest BCUT2D eigenvalue weighted by Gasteiger charge is -2.34. The summed E-state index contributed by atoms with van der Waals surface area (Å²) >= 11 is 12.3. The van der Waals surface area contributed by atoms with Crippen LogP contribution in [0.3, 0.4) is 0 Å². The third kappa shape index (κ3) is 4.25. The van der Waals surface area contributed by atoms with Gasteiger partial charge in [-0.25, -0.2) is 9.19 Å². The van der Waals surface area contributed by atoms with Gasteiger partial charge in [0.1, 0.15) is 21.6 Å². The molecule has 0 bridgehead atoms. The van der Waals surface area contributed by atoms with Crippen molar-refractivity contribution in [1.82, 2.24) is 10.3 Å². The number of benzene rings is 2. The number of anilines is 2. The average Bonchev–Trinajstić information content (AvgIpc) is 2.80. The quantitative estimate of drug-likeness (QED) is 0.424. The Morgan fingerprint density at radius 2 is 1.97 bits per heavy atom. The lowest BCUT2D eigenvalue weighted by Crippen LogP contribution is -2.29. The number of hydrogen-bond donors (Lipinski definition) is 1. The maximum absolute atomic E-state index is 13.1. The van der Waals surface area contributed by atoms with E-state index in [0.717, 1.165) is 46.9 Å². The molecule has 0 fully saturated rings. The van der Waals surface area contributed by atoms with Crippen LogP contribution in [-0.2, 0) is 17.3 Å². The van der Waals surface area contributed by atoms with Crippen molar-refractivity contribution in [3.63, 3.8) is 0 Å². The number of nitrogens with one attached hydrogen (secondary N) is 1. The second kappa shape index (κ2) is 9.79. The zero-order chi connectivity index (χ0) is 22.8. The molecule has 0 spiro atoms. The number of fused-ring (bicyclic) bond motifs is 2. The van der Waals surface area contributed by atoms with Crippen molar-refractivity contribution in [1.29, 1.82) is 0 Å². The molecule has 3 aromatic rings. The monoisotopic (exact) mass is 489 g/mol. The van der Waals surface area contributed by atoms with Crippen LogP contribution in [0.1, 0.15) is 23.1 Å². The lowest BCUT2D eigenvalue weighted by atomic mass is 10.1. The number of aryl methyl sites for hydroxylation is 1. The highest BCUT2D eigenvalue weighted by molar-refractivity contribution is 7.85. The van der Waals surface area contributed by atoms with Crippen LogP contribution in [0.25, 0.3) is 0 Å². The van der Waals surface area contributed by atoms with E-state index in [-0.39, 0.29) is 0 Å². The molecule has 0 amide bonds. The second-order valence-corrected chi connectivity index (χ2v) is 9.84. The molecule has 1 aromatic heterocycles. The number of ether oxygens (including phenoxy) is 1. The smallest absolute Gasteiger partial charge is 0.155 e. The molecule has 5 nitrogen and oxygen atoms in total. The highest BCUT2D eigenvalue weighted by atomic mass is 35.5. The van der Waals surface area contributed by atoms with Crippen LogP contribution in [0.15, 0.2) is 52.5 Å². The van der Waals surface area contributed by atoms with Gasteiger partial charge < -0.3 is 15.0 Å². The number of rotatable bonds is 7. The van der Waals surface area contributed by atoms with Gasteiger partial charge in [0.2, 0.25) is 0 Å². The van der Waals surface area contributed by atoms with Crippen LogP contribution >= 0.6 is 23.2 Å². The molecule has 0 saturated carbocycles. The SMILES string of the molecule is COc1c(CNCCCN2c3cccnc3S(=O)c3ccc(C)c(C)c32)ccc(Cl)c1Cl. The minimum atomic E-state index is -1.28. The van der Waals surface area contributed by atoms with Crippen LogP contribution in [0.5, 0.6) is 5.75 Å². The number of pyridine rings is 1. The first-order valence-corrected chi connectivity index (χ1v) is 12.3. The molecule has 1 aliphatic heterocycles. The van der Waals surface area contributed by atoms with Crippen molar-refractivity contribution < 1.29 is 8.95 Å². The van der Waals surface area contributed by atoms with E-state index in [2.05, 4.69) is 29.0 Å². The fourth-order valence-electron chi connectivity index (χ4n) is 3.97. The number of hydrogen-bond acceptors (Lipinski definition) is 5. The largest absolute Gasteiger partial charge is 0.495 e. The Kier molecular flexibility index (Phi) is 7.05. The molecular weight excluding hydrogens is 465 g/mol. The Morgan fingerprint density at radius 1 is 1.16 bits per heavy atom. The molecule has 1 N–H and O–H groups in total. The van der Waals surface area contributed by atoms with Crippen LogP contribution in [0.2, 0.25) is 10.0 Å². The van der Waals surface area contributed by atoms with Crippen LogP contribution in [0.4, 0.5) is 11.4 Å². The van der Waals surface area contributed by atoms with E-state index in [9.17, 15) is 4.21 Å². The fraction of sp³-hybridized carbons (Fsp3) is 0.292. The molecule has 4 rings (SSSR count). The summed E-state index contributed by atoms with van der Waals surface area (Å²) in [5.74, 6) is 0.602. The molecule has 8 heteroatoms. The molecule has 2 aromatic carbocycles. The second-order valence-electron chi connectivity index (χ2n) is 7.69. The Bertz CT molecular complexity index is 1190. The maximum Gasteiger partial charge on any atom is 0.155 e. The third-order valence-corrected chi connectivity index (χ3v) is 7.92. The average molecular weight is 490 g/mol. The first kappa shape index (κ1) is 23.1. The minimum absolute atomic E-state index is 0.432. The van der Waals surface area contributed by atoms with E-state index in [1.165, 1.54) is 5.56 Å². The Labute approximate surface area is 201 Å². The summed E-state index contributed by atoms with van der Waals surface area (Å²) in [5.41, 5.74) is 5.25. The summed E-state index contributed by atoms with van der Waals surface area (Å²) in [6, 6.07) is 11.6. The summed E-state index contributed by atoms with van der Waals surface area (Å²) in [7, 11) is 0.315. The van der Waals surface area contributed by atoms with Gasteiger partial charge in [-0.15, -0.1) is 0 Å². The fourth-order valence-corrected chi connectivity index (χ4v) is 5.74. The Hall–Kier alpha value is -2.12. The van der Waals surface area contributed by atoms with Gasteiger partial charge in [-0.05, 0) is 62.2 Å². The van der Waals surface area contributed by atoms with Gasteiger partial charge in [0.15, 0.2) is 5.03 Å². The van der Waals surface area contributed by atoms with Crippen molar-refractivity contribution in [2.75, 3.05) is 25.1 Å². The number of nitrogens with zero attached hydrogens (tertiary/aromatic N) is 2. The zero-order valence-electron chi connectivity index (χ0n) is 18.2. The molecule has 32 heavy (non-hydrogen) atoms. The molecule has 1 atom stereocenters. The minimum Gasteiger partial charge on any atom is -0.495 e. The first-order valence-electron chi connectivity index (χ1n) is 10.4. The zero-order valence-corrected chi connectivity index (χ0v) is 20.6. The summed E-state index contributed by atoms with van der Waals surface area (Å²) < 4.78 is 18.6. The first-order chi connectivity index (χ1) is 15.4. The van der Waals surface area contributed by atoms with Gasteiger partial charge in [-0.1, -0.05) is 35.3 Å². The predicted molar refractivity (Wildman–Crippen MR) is 131 cm³/mol. The number of halogens is 2. The van der Waals surface area contributed by atoms with E-state index < -0.39 is 10.8 Å². The molecule has 2 heterocycles. The maximum atomic E-state index is 13.1. The molecule has 1 unspecified atom stereocenters. The van der Waals surface area contributed by atoms with Gasteiger partial charge >= 0.3 is 0 Å². The normalized spacial score (nSPS) is 14.8. The number of methoxy groups -OCH3 is 1. The van der Waals surface area contributed by atoms with E-state index in [1.54, 1.807) is 19.4 Å². The highest BCUT2D eigenvalue weighted by Gasteiger charge is 2.30. The standard InChI is InChI=1S/C24H25Cl2N3O2S/c1-15-7-10-20-22(16(15)2)29(19-6-4-12-28-24(19)32(20)30)13-5-11-27-14-17-8-9-18(25)21(26)23(17)31-3/h4,6-10,12,27H,5,11,13-14H2,1-3H3. The highest BCUT2D eigenvalue weighted by Crippen LogP contribution is 2.43. The van der Waals surface area contributed by atoms with Crippen LogP contribution in [0, 0.1) is 13.8 Å². The summed E-state index contributed by atoms with van der Waals surface area (Å²) in [5, 5.41) is 4.99. The van der Waals surface area contributed by atoms with E-state index in [0.29, 0.717) is 27.4 Å². The van der Waals surface area contributed by atoms with E-state index >= 15 is 0 Å². The van der Waals surface area contributed by atoms with Crippen molar-refractivity contribution in [3.8, 4) is 5.75 Å². The van der Waals surface area contributed by atoms with E-state index in [4.69, 9.17) is 27.9 Å². The van der Waals surface area contributed by atoms with Gasteiger partial charge in [0.25, 0.3) is 0 Å². The number of aromatic nitrogens is 1. The van der Waals surface area contributed by atoms with Crippen LogP contribution in [-0.4, -0.2) is 29.4 Å². The molecule has 168 valence electrons. The lowest BCUT2D eigenvalue weighted by molar-refractivity contribution is 0.408. The molecule has 0 aliphatic carbocycles. The molecule has 0 radical (unpaired) electrons. The summed E-state index contributed by atoms with van der Waals surface area (Å²) in [4.78, 5) is 7.50. The van der Waals surface area contributed by atoms with Crippen molar-refractivity contribution in [2.24, 2.45) is 0 Å². The molecule has 1 aliphatic rings. The topological polar surface area (TPSA) is 54.5 Å². The Morgan fingerprint density at radius 3 is 2.75 bits per heavy atom. The molecule has 0 saturated heterocycles. The van der Waals surface area contributed by atoms with Crippen molar-refractivity contribution >= 4 is 45.4 Å². The van der Waals surface area contributed by atoms with Gasteiger partial charge in [0.05, 0.1) is 28.4 Å². The van der Waals surface area contributed by atoms with E-state index in [1.807, 2.05) is 30.3 Å². The molecular formula is C24H25Cl2N3O2S. The Balaban J connectivity index is 1.49. The van der Waals surface area contributed by atoms with Gasteiger partial charge in [-0.2, -0.15) is 0 Å². The summed E-state index contributed by atoms with van der Waals surface area (Å²) in [6.07, 6.45) is 2.59. The van der Waals surface area contributed by atoms with Gasteiger partial charge in [-0.3, -0.25) is 0 Å². The van der Waals surface area contributed by atoms with Crippen molar-refractivity contribution in [3.05, 3.63) is 69.3 Å². The van der Waals surface area contributed by atoms with Gasteiger partial charge in [0, 0.05) is 24.8 Å². The van der Waals surface area contributed by atoms with Crippen LogP contribution < -0.4 is 15.0 Å². The predicted octanol–water partition coefficient (Wildman–Crippen LogP) is 5.81. The summed E-state index contributed by atoms with van der Waals surface area (Å²) in [6.45, 7) is 6.37.